The number of aliphatic hydroxyl groups excluding tert-OH is 2. The summed E-state index contributed by atoms with van der Waals surface area (Å²) in [6.45, 7) is 0.923. The highest BCUT2D eigenvalue weighted by Crippen LogP contribution is 2.55. The molecule has 210 valence electrons. The number of nitrogens with zero attached hydrogens (tertiary/aromatic N) is 5. The van der Waals surface area contributed by atoms with Gasteiger partial charge in [0.25, 0.3) is 0 Å². The largest absolute Gasteiger partial charge is 0.387 e. The lowest BCUT2D eigenvalue weighted by atomic mass is 10.1. The Morgan fingerprint density at radius 3 is 2.62 bits per heavy atom. The molecule has 39 heavy (non-hydrogen) atoms. The molecule has 1 aliphatic rings. The predicted molar refractivity (Wildman–Crippen MR) is 132 cm³/mol. The van der Waals surface area contributed by atoms with E-state index in [1.54, 1.807) is 6.92 Å². The van der Waals surface area contributed by atoms with Crippen LogP contribution in [0.3, 0.4) is 0 Å². The van der Waals surface area contributed by atoms with Crippen molar-refractivity contribution >= 4 is 43.5 Å². The van der Waals surface area contributed by atoms with Gasteiger partial charge in [-0.3, -0.25) is 14.1 Å². The van der Waals surface area contributed by atoms with E-state index in [2.05, 4.69) is 20.4 Å². The molecule has 15 nitrogen and oxygen atoms in total. The highest BCUT2D eigenvalue weighted by molar-refractivity contribution is 7.70. The summed E-state index contributed by atoms with van der Waals surface area (Å²) in [6.07, 6.45) is -3.74. The molecule has 3 aromatic rings. The fourth-order valence-electron chi connectivity index (χ4n) is 3.93. The van der Waals surface area contributed by atoms with Gasteiger partial charge < -0.3 is 39.5 Å². The van der Waals surface area contributed by atoms with Gasteiger partial charge in [0.2, 0.25) is 0 Å². The second kappa shape index (κ2) is 11.1. The van der Waals surface area contributed by atoms with Crippen molar-refractivity contribution in [2.24, 2.45) is 0 Å². The lowest BCUT2D eigenvalue weighted by Gasteiger charge is -2.19. The maximum absolute atomic E-state index is 13.3. The molecule has 4 heterocycles. The maximum atomic E-state index is 13.3. The van der Waals surface area contributed by atoms with Crippen molar-refractivity contribution in [1.29, 1.82) is 5.26 Å². The smallest absolute Gasteiger partial charge is 0.340 e. The van der Waals surface area contributed by atoms with Crippen molar-refractivity contribution in [3.05, 3.63) is 46.8 Å². The number of aliphatic hydroxyl groups is 2. The van der Waals surface area contributed by atoms with E-state index < -0.39 is 64.1 Å². The monoisotopic (exact) mass is 606 g/mol. The Kier molecular flexibility index (Phi) is 8.42. The summed E-state index contributed by atoms with van der Waals surface area (Å²) >= 11 is 6.27. The number of pyridine rings is 2. The van der Waals surface area contributed by atoms with Crippen LogP contribution in [0.2, 0.25) is 5.15 Å². The summed E-state index contributed by atoms with van der Waals surface area (Å²) in [7, 11) is -9.63. The molecular formula is C20H22ClFN6O9P2. The molecule has 4 rings (SSSR count). The van der Waals surface area contributed by atoms with Crippen LogP contribution in [-0.4, -0.2) is 75.5 Å². The quantitative estimate of drug-likeness (QED) is 0.150. The van der Waals surface area contributed by atoms with Gasteiger partial charge in [0.1, 0.15) is 35.8 Å². The Hall–Kier alpha value is -2.54. The van der Waals surface area contributed by atoms with Crippen LogP contribution in [0.1, 0.15) is 30.5 Å². The molecule has 0 bridgehead atoms. The van der Waals surface area contributed by atoms with Crippen molar-refractivity contribution in [3.8, 4) is 6.07 Å². The van der Waals surface area contributed by atoms with Gasteiger partial charge in [-0.1, -0.05) is 11.6 Å². The fourth-order valence-corrected chi connectivity index (χ4v) is 6.72. The van der Waals surface area contributed by atoms with Crippen LogP contribution in [0.4, 0.5) is 10.1 Å². The minimum Gasteiger partial charge on any atom is -0.387 e. The predicted octanol–water partition coefficient (Wildman–Crippen LogP) is 1.62. The van der Waals surface area contributed by atoms with Crippen molar-refractivity contribution in [1.82, 2.24) is 19.7 Å². The zero-order valence-corrected chi connectivity index (χ0v) is 22.4. The zero-order chi connectivity index (χ0) is 28.7. The summed E-state index contributed by atoms with van der Waals surface area (Å²) in [5, 5.41) is 38.0. The van der Waals surface area contributed by atoms with E-state index in [4.69, 9.17) is 30.6 Å². The van der Waals surface area contributed by atoms with Crippen LogP contribution in [0, 0.1) is 17.1 Å². The summed E-state index contributed by atoms with van der Waals surface area (Å²) in [5.41, 5.74) is 0.673. The van der Waals surface area contributed by atoms with E-state index in [0.29, 0.717) is 5.69 Å². The number of anilines is 1. The van der Waals surface area contributed by atoms with Crippen LogP contribution in [0.15, 0.2) is 24.5 Å². The van der Waals surface area contributed by atoms with E-state index in [-0.39, 0.29) is 27.4 Å². The summed E-state index contributed by atoms with van der Waals surface area (Å²) in [4.78, 5) is 35.7. The SMILES string of the molecule is C[C@@H](Nc1c(C#N)c(Cl)nc2c1cnn2[C@@H]1O[C@H](COP(=O)(O)CP(=O)(O)O)[C@@H](O)[C@H]1O)c1ccc(F)cn1. The normalized spacial score (nSPS) is 23.9. The molecule has 0 spiro atoms. The van der Waals surface area contributed by atoms with Gasteiger partial charge in [-0.25, -0.2) is 14.1 Å². The molecule has 0 radical (unpaired) electrons. The third-order valence-corrected chi connectivity index (χ3v) is 9.48. The number of aromatic nitrogens is 4. The fraction of sp³-hybridized carbons (Fsp3) is 0.400. The summed E-state index contributed by atoms with van der Waals surface area (Å²) in [6, 6.07) is 4.11. The molecule has 0 saturated carbocycles. The van der Waals surface area contributed by atoms with E-state index >= 15 is 0 Å². The Labute approximate surface area is 224 Å². The zero-order valence-electron chi connectivity index (χ0n) is 19.9. The third kappa shape index (κ3) is 6.45. The van der Waals surface area contributed by atoms with Crippen molar-refractivity contribution in [3.63, 3.8) is 0 Å². The number of nitrogens with one attached hydrogen (secondary N) is 1. The van der Waals surface area contributed by atoms with Crippen LogP contribution in [0.25, 0.3) is 11.0 Å². The number of hydrogen-bond acceptors (Lipinski definition) is 11. The van der Waals surface area contributed by atoms with Crippen LogP contribution in [0.5, 0.6) is 0 Å². The number of nitriles is 1. The molecule has 1 saturated heterocycles. The van der Waals surface area contributed by atoms with Crippen LogP contribution < -0.4 is 5.32 Å². The first-order chi connectivity index (χ1) is 18.2. The minimum atomic E-state index is -4.88. The van der Waals surface area contributed by atoms with Crippen LogP contribution >= 0.6 is 26.8 Å². The van der Waals surface area contributed by atoms with Gasteiger partial charge >= 0.3 is 15.2 Å². The standard InChI is InChI=1S/C20H22ClFN6O9P2/c1-9(13-3-2-10(22)5-24-13)26-15-11(4-23)18(21)27-19-12(15)6-25-28(19)20-17(30)16(29)14(37-20)7-36-39(34,35)8-38(31,32)33/h2-3,5-6,9,14,16-17,20,29-30H,7-8H2,1H3,(H,26,27)(H,34,35)(H2,31,32,33)/t9-,14-,16-,17-,20-/m1/s1. The Morgan fingerprint density at radius 2 is 2.00 bits per heavy atom. The van der Waals surface area contributed by atoms with Gasteiger partial charge in [0.15, 0.2) is 22.9 Å². The number of halogens is 2. The van der Waals surface area contributed by atoms with E-state index in [1.807, 2.05) is 6.07 Å². The molecule has 1 aliphatic heterocycles. The summed E-state index contributed by atoms with van der Waals surface area (Å²) < 4.78 is 47.7. The van der Waals surface area contributed by atoms with E-state index in [1.165, 1.54) is 18.3 Å². The lowest BCUT2D eigenvalue weighted by molar-refractivity contribution is -0.0541. The first-order valence-corrected chi connectivity index (χ1v) is 15.0. The van der Waals surface area contributed by atoms with Crippen LogP contribution in [-0.2, 0) is 18.4 Å². The highest BCUT2D eigenvalue weighted by Gasteiger charge is 2.46. The Morgan fingerprint density at radius 1 is 1.28 bits per heavy atom. The second-order valence-electron chi connectivity index (χ2n) is 8.64. The number of fused-ring (bicyclic) bond motifs is 1. The number of hydrogen-bond donors (Lipinski definition) is 6. The molecule has 19 heteroatoms. The third-order valence-electron chi connectivity index (χ3n) is 5.75. The van der Waals surface area contributed by atoms with Gasteiger partial charge in [0, 0.05) is 0 Å². The second-order valence-corrected chi connectivity index (χ2v) is 13.0. The number of rotatable bonds is 9. The molecular weight excluding hydrogens is 585 g/mol. The Bertz CT molecular complexity index is 1510. The first kappa shape index (κ1) is 29.4. The van der Waals surface area contributed by atoms with Gasteiger partial charge in [-0.05, 0) is 19.1 Å². The molecule has 1 unspecified atom stereocenters. The number of ether oxygens (including phenoxy) is 1. The average molecular weight is 607 g/mol. The highest BCUT2D eigenvalue weighted by atomic mass is 35.5. The maximum Gasteiger partial charge on any atom is 0.340 e. The molecule has 0 aliphatic carbocycles. The lowest BCUT2D eigenvalue weighted by Crippen LogP contribution is -2.33. The molecule has 6 N–H and O–H groups in total. The van der Waals surface area contributed by atoms with E-state index in [9.17, 15) is 33.9 Å². The van der Waals surface area contributed by atoms with E-state index in [0.717, 1.165) is 10.9 Å². The molecule has 0 amide bonds. The Balaban J connectivity index is 1.62. The molecule has 6 atom stereocenters. The average Bonchev–Trinajstić information content (AvgIpc) is 3.37. The van der Waals surface area contributed by atoms with Gasteiger partial charge in [-0.15, -0.1) is 0 Å². The minimum absolute atomic E-state index is 0.0272. The molecule has 0 aromatic carbocycles. The summed E-state index contributed by atoms with van der Waals surface area (Å²) in [5.74, 6) is -1.96. The molecule has 3 aromatic heterocycles. The van der Waals surface area contributed by atoms with Crippen molar-refractivity contribution < 1.29 is 47.7 Å². The topological polar surface area (TPSA) is 233 Å². The van der Waals surface area contributed by atoms with Crippen molar-refractivity contribution in [2.45, 2.75) is 37.5 Å². The molecule has 1 fully saturated rings. The first-order valence-electron chi connectivity index (χ1n) is 11.1. The van der Waals surface area contributed by atoms with Gasteiger partial charge in [0.05, 0.1) is 41.8 Å². The van der Waals surface area contributed by atoms with Gasteiger partial charge in [-0.2, -0.15) is 10.4 Å². The van der Waals surface area contributed by atoms with Crippen molar-refractivity contribution in [2.75, 3.05) is 17.8 Å².